The summed E-state index contributed by atoms with van der Waals surface area (Å²) in [6.07, 6.45) is 2.58. The van der Waals surface area contributed by atoms with Gasteiger partial charge in [-0.25, -0.2) is 16.8 Å². The lowest BCUT2D eigenvalue weighted by Crippen LogP contribution is -2.38. The maximum absolute atomic E-state index is 12.9. The lowest BCUT2D eigenvalue weighted by atomic mass is 10.2. The van der Waals surface area contributed by atoms with Gasteiger partial charge >= 0.3 is 0 Å². The maximum Gasteiger partial charge on any atom is 0.245 e. The molecule has 33 heavy (non-hydrogen) atoms. The predicted octanol–water partition coefficient (Wildman–Crippen LogP) is 2.85. The summed E-state index contributed by atoms with van der Waals surface area (Å²) in [6.45, 7) is 2.06. The van der Waals surface area contributed by atoms with Gasteiger partial charge in [-0.1, -0.05) is 17.7 Å². The van der Waals surface area contributed by atoms with Crippen molar-refractivity contribution in [2.45, 2.75) is 24.7 Å². The fourth-order valence-corrected chi connectivity index (χ4v) is 6.19. The average molecular weight is 516 g/mol. The first kappa shape index (κ1) is 25.3. The predicted molar refractivity (Wildman–Crippen MR) is 128 cm³/mol. The Kier molecular flexibility index (Phi) is 7.57. The third kappa shape index (κ3) is 5.78. The SMILES string of the molecule is COc1ccc(S(=O)(=O)N2CCCC2)cc1NC(=O)CN(c1cc(Cl)ccc1C)S(C)(=O)=O. The molecule has 1 amide bonds. The van der Waals surface area contributed by atoms with Crippen molar-refractivity contribution in [3.8, 4) is 5.75 Å². The highest BCUT2D eigenvalue weighted by atomic mass is 35.5. The van der Waals surface area contributed by atoms with E-state index in [1.54, 1.807) is 19.1 Å². The lowest BCUT2D eigenvalue weighted by molar-refractivity contribution is -0.114. The first-order chi connectivity index (χ1) is 15.4. The van der Waals surface area contributed by atoms with Crippen molar-refractivity contribution in [1.29, 1.82) is 0 Å². The monoisotopic (exact) mass is 515 g/mol. The second-order valence-electron chi connectivity index (χ2n) is 7.72. The van der Waals surface area contributed by atoms with E-state index in [2.05, 4.69) is 5.32 Å². The van der Waals surface area contributed by atoms with Crippen LogP contribution >= 0.6 is 11.6 Å². The first-order valence-electron chi connectivity index (χ1n) is 10.2. The molecule has 0 unspecified atom stereocenters. The summed E-state index contributed by atoms with van der Waals surface area (Å²) in [5.74, 6) is -0.428. The standard InChI is InChI=1S/C21H26ClN3O6S2/c1-15-6-7-16(22)12-19(15)25(32(3,27)28)14-21(26)23-18-13-17(8-9-20(18)31-2)33(29,30)24-10-4-5-11-24/h6-9,12-13H,4-5,10-11,14H2,1-3H3,(H,23,26). The van der Waals surface area contributed by atoms with E-state index in [1.807, 2.05) is 0 Å². The number of benzene rings is 2. The number of halogens is 1. The maximum atomic E-state index is 12.9. The van der Waals surface area contributed by atoms with E-state index < -0.39 is 32.5 Å². The minimum absolute atomic E-state index is 0.0196. The molecule has 12 heteroatoms. The number of sulfonamides is 2. The number of rotatable bonds is 8. The highest BCUT2D eigenvalue weighted by molar-refractivity contribution is 7.92. The average Bonchev–Trinajstić information content (AvgIpc) is 3.29. The molecule has 1 fully saturated rings. The highest BCUT2D eigenvalue weighted by Crippen LogP contribution is 2.31. The van der Waals surface area contributed by atoms with Crippen molar-refractivity contribution in [3.05, 3.63) is 47.0 Å². The summed E-state index contributed by atoms with van der Waals surface area (Å²) in [5, 5.41) is 2.91. The second-order valence-corrected chi connectivity index (χ2v) is 12.0. The highest BCUT2D eigenvalue weighted by Gasteiger charge is 2.28. The summed E-state index contributed by atoms with van der Waals surface area (Å²) >= 11 is 6.03. The molecule has 1 N–H and O–H groups in total. The number of methoxy groups -OCH3 is 1. The number of aryl methyl sites for hydroxylation is 1. The van der Waals surface area contributed by atoms with Crippen molar-refractivity contribution >= 4 is 48.9 Å². The van der Waals surface area contributed by atoms with Crippen LogP contribution in [0.25, 0.3) is 0 Å². The van der Waals surface area contributed by atoms with Gasteiger partial charge in [0.05, 0.1) is 29.6 Å². The molecule has 2 aromatic carbocycles. The van der Waals surface area contributed by atoms with E-state index >= 15 is 0 Å². The molecular formula is C21H26ClN3O6S2. The van der Waals surface area contributed by atoms with Gasteiger partial charge in [0.2, 0.25) is 26.0 Å². The summed E-state index contributed by atoms with van der Waals surface area (Å²) in [6, 6.07) is 8.94. The Balaban J connectivity index is 1.90. The molecule has 0 spiro atoms. The van der Waals surface area contributed by atoms with Crippen LogP contribution in [0, 0.1) is 6.92 Å². The van der Waals surface area contributed by atoms with Gasteiger partial charge in [0.25, 0.3) is 0 Å². The number of anilines is 2. The van der Waals surface area contributed by atoms with Gasteiger partial charge in [0.1, 0.15) is 12.3 Å². The zero-order valence-corrected chi connectivity index (χ0v) is 20.9. The Bertz CT molecular complexity index is 1260. The Hall–Kier alpha value is -2.34. The summed E-state index contributed by atoms with van der Waals surface area (Å²) < 4.78 is 58.3. The van der Waals surface area contributed by atoms with Gasteiger partial charge in [0.15, 0.2) is 0 Å². The van der Waals surface area contributed by atoms with Crippen LogP contribution < -0.4 is 14.4 Å². The van der Waals surface area contributed by atoms with Gasteiger partial charge < -0.3 is 10.1 Å². The number of carbonyl (C=O) groups is 1. The normalized spacial score (nSPS) is 14.8. The minimum Gasteiger partial charge on any atom is -0.495 e. The zero-order valence-electron chi connectivity index (χ0n) is 18.5. The molecule has 0 aromatic heterocycles. The van der Waals surface area contributed by atoms with E-state index in [4.69, 9.17) is 16.3 Å². The van der Waals surface area contributed by atoms with Crippen LogP contribution in [-0.4, -0.2) is 60.0 Å². The minimum atomic E-state index is -3.82. The van der Waals surface area contributed by atoms with Crippen molar-refractivity contribution < 1.29 is 26.4 Å². The number of ether oxygens (including phenoxy) is 1. The van der Waals surface area contributed by atoms with Crippen LogP contribution in [0.5, 0.6) is 5.75 Å². The molecule has 0 radical (unpaired) electrons. The van der Waals surface area contributed by atoms with Crippen LogP contribution in [0.1, 0.15) is 18.4 Å². The molecule has 0 aliphatic carbocycles. The molecule has 1 aliphatic rings. The van der Waals surface area contributed by atoms with Crippen molar-refractivity contribution in [2.24, 2.45) is 0 Å². The summed E-state index contributed by atoms with van der Waals surface area (Å²) in [7, 11) is -6.15. The zero-order chi connectivity index (χ0) is 24.4. The summed E-state index contributed by atoms with van der Waals surface area (Å²) in [5.41, 5.74) is 1.02. The fraction of sp³-hybridized carbons (Fsp3) is 0.381. The smallest absolute Gasteiger partial charge is 0.245 e. The number of hydrogen-bond donors (Lipinski definition) is 1. The number of hydrogen-bond acceptors (Lipinski definition) is 6. The largest absolute Gasteiger partial charge is 0.495 e. The topological polar surface area (TPSA) is 113 Å². The molecular weight excluding hydrogens is 490 g/mol. The van der Waals surface area contributed by atoms with E-state index in [-0.39, 0.29) is 22.0 Å². The molecule has 3 rings (SSSR count). The fourth-order valence-electron chi connectivity index (χ4n) is 3.58. The van der Waals surface area contributed by atoms with Gasteiger partial charge in [-0.2, -0.15) is 4.31 Å². The number of nitrogens with zero attached hydrogens (tertiary/aromatic N) is 2. The van der Waals surface area contributed by atoms with E-state index in [0.29, 0.717) is 23.7 Å². The molecule has 180 valence electrons. The van der Waals surface area contributed by atoms with Crippen LogP contribution in [0.2, 0.25) is 5.02 Å². The van der Waals surface area contributed by atoms with E-state index in [9.17, 15) is 21.6 Å². The van der Waals surface area contributed by atoms with Crippen molar-refractivity contribution in [3.63, 3.8) is 0 Å². The van der Waals surface area contributed by atoms with Crippen LogP contribution in [0.15, 0.2) is 41.3 Å². The number of carbonyl (C=O) groups excluding carboxylic acids is 1. The van der Waals surface area contributed by atoms with Crippen molar-refractivity contribution in [2.75, 3.05) is 42.6 Å². The molecule has 0 atom stereocenters. The van der Waals surface area contributed by atoms with E-state index in [0.717, 1.165) is 23.4 Å². The van der Waals surface area contributed by atoms with E-state index in [1.165, 1.54) is 35.7 Å². The molecule has 1 heterocycles. The Morgan fingerprint density at radius 1 is 1.12 bits per heavy atom. The lowest BCUT2D eigenvalue weighted by Gasteiger charge is -2.24. The summed E-state index contributed by atoms with van der Waals surface area (Å²) in [4.78, 5) is 12.9. The Morgan fingerprint density at radius 3 is 2.39 bits per heavy atom. The number of nitrogens with one attached hydrogen (secondary N) is 1. The second kappa shape index (κ2) is 9.88. The van der Waals surface area contributed by atoms with Gasteiger partial charge in [0, 0.05) is 18.1 Å². The molecule has 1 aliphatic heterocycles. The van der Waals surface area contributed by atoms with Crippen molar-refractivity contribution in [1.82, 2.24) is 4.31 Å². The molecule has 1 saturated heterocycles. The molecule has 9 nitrogen and oxygen atoms in total. The van der Waals surface area contributed by atoms with Gasteiger partial charge in [-0.3, -0.25) is 9.10 Å². The van der Waals surface area contributed by atoms with Crippen LogP contribution in [-0.2, 0) is 24.8 Å². The Morgan fingerprint density at radius 2 is 1.79 bits per heavy atom. The van der Waals surface area contributed by atoms with Gasteiger partial charge in [-0.15, -0.1) is 0 Å². The molecule has 2 aromatic rings. The van der Waals surface area contributed by atoms with Crippen LogP contribution in [0.4, 0.5) is 11.4 Å². The van der Waals surface area contributed by atoms with Crippen LogP contribution in [0.3, 0.4) is 0 Å². The molecule has 0 bridgehead atoms. The quantitative estimate of drug-likeness (QED) is 0.578. The third-order valence-electron chi connectivity index (χ3n) is 5.28. The first-order valence-corrected chi connectivity index (χ1v) is 13.8. The molecule has 0 saturated carbocycles. The Labute approximate surface area is 199 Å². The van der Waals surface area contributed by atoms with Gasteiger partial charge in [-0.05, 0) is 55.7 Å². The third-order valence-corrected chi connectivity index (χ3v) is 8.53. The number of amides is 1.